The van der Waals surface area contributed by atoms with Gasteiger partial charge in [0.1, 0.15) is 5.71 Å². The number of aliphatic imine (C=N–C) groups is 1. The summed E-state index contributed by atoms with van der Waals surface area (Å²) in [5.41, 5.74) is 5.23. The summed E-state index contributed by atoms with van der Waals surface area (Å²) >= 11 is 0. The number of rotatable bonds is 5. The molecule has 0 atom stereocenters. The summed E-state index contributed by atoms with van der Waals surface area (Å²) in [4.78, 5) is 39.0. The Hall–Kier alpha value is -3.87. The van der Waals surface area contributed by atoms with Crippen LogP contribution in [0.25, 0.3) is 11.1 Å². The molecule has 7 heteroatoms. The van der Waals surface area contributed by atoms with E-state index in [2.05, 4.69) is 31.7 Å². The lowest BCUT2D eigenvalue weighted by Crippen LogP contribution is -2.36. The van der Waals surface area contributed by atoms with Crippen molar-refractivity contribution in [1.29, 1.82) is 0 Å². The normalized spacial score (nSPS) is 15.9. The molecular weight excluding hydrogens is 438 g/mol. The first-order valence-electron chi connectivity index (χ1n) is 12.3. The number of hydrogen-bond acceptors (Lipinski definition) is 5. The number of fused-ring (bicyclic) bond motifs is 1. The fourth-order valence-corrected chi connectivity index (χ4v) is 4.80. The van der Waals surface area contributed by atoms with Gasteiger partial charge in [-0.3, -0.25) is 24.5 Å². The molecule has 1 aliphatic heterocycles. The van der Waals surface area contributed by atoms with Crippen LogP contribution in [0.3, 0.4) is 0 Å². The predicted molar refractivity (Wildman–Crippen MR) is 137 cm³/mol. The number of anilines is 1. The van der Waals surface area contributed by atoms with Gasteiger partial charge in [0.05, 0.1) is 17.4 Å². The number of nitrogens with zero attached hydrogens (tertiary/aromatic N) is 3. The summed E-state index contributed by atoms with van der Waals surface area (Å²) in [5.74, 6) is -0.337. The Kier molecular flexibility index (Phi) is 6.93. The minimum absolute atomic E-state index is 0.0842. The quantitative estimate of drug-likeness (QED) is 0.574. The molecule has 0 unspecified atom stereocenters. The Bertz CT molecular complexity index is 1250. The average molecular weight is 468 g/mol. The monoisotopic (exact) mass is 467 g/mol. The van der Waals surface area contributed by atoms with Gasteiger partial charge < -0.3 is 10.6 Å². The zero-order valence-electron chi connectivity index (χ0n) is 19.7. The molecule has 1 fully saturated rings. The number of amides is 2. The summed E-state index contributed by atoms with van der Waals surface area (Å²) in [6.07, 6.45) is 14.0. The molecule has 2 amide bonds. The van der Waals surface area contributed by atoms with Crippen molar-refractivity contribution in [2.24, 2.45) is 4.99 Å². The molecule has 3 heterocycles. The van der Waals surface area contributed by atoms with E-state index in [0.29, 0.717) is 23.5 Å². The van der Waals surface area contributed by atoms with Crippen molar-refractivity contribution in [3.05, 3.63) is 77.9 Å². The van der Waals surface area contributed by atoms with E-state index in [9.17, 15) is 9.59 Å². The molecule has 0 bridgehead atoms. The number of pyridine rings is 2. The summed E-state index contributed by atoms with van der Waals surface area (Å²) in [6.45, 7) is 0.595. The maximum absolute atomic E-state index is 13.1. The molecule has 0 radical (unpaired) electrons. The van der Waals surface area contributed by atoms with E-state index in [-0.39, 0.29) is 17.9 Å². The number of carbonyl (C=O) groups is 2. The molecule has 2 N–H and O–H groups in total. The SMILES string of the molecule is O=C(Nc1cccnc1)C1=NCCCc2ccc(-c3cncc(C(=O)NC4CCCCC4)c3)cc21. The Morgan fingerprint density at radius 3 is 2.57 bits per heavy atom. The third-order valence-electron chi connectivity index (χ3n) is 6.65. The van der Waals surface area contributed by atoms with Gasteiger partial charge in [-0.1, -0.05) is 31.4 Å². The standard InChI is InChI=1S/C28H29N5O2/c34-27(32-23-7-2-1-3-8-23)22-14-21(16-30-17-22)20-11-10-19-6-4-13-31-26(25(19)15-20)28(35)33-24-9-5-12-29-18-24/h5,9-12,14-18,23H,1-4,6-8,13H2,(H,32,34)(H,33,35). The second kappa shape index (κ2) is 10.6. The second-order valence-electron chi connectivity index (χ2n) is 9.17. The number of aryl methyl sites for hydroxylation is 1. The van der Waals surface area contributed by atoms with Crippen molar-refractivity contribution in [3.8, 4) is 11.1 Å². The Balaban J connectivity index is 1.41. The summed E-state index contributed by atoms with van der Waals surface area (Å²) < 4.78 is 0. The Labute approximate surface area is 205 Å². The van der Waals surface area contributed by atoms with Crippen molar-refractivity contribution < 1.29 is 9.59 Å². The second-order valence-corrected chi connectivity index (χ2v) is 9.17. The van der Waals surface area contributed by atoms with Crippen LogP contribution in [0.15, 0.2) is 66.2 Å². The van der Waals surface area contributed by atoms with E-state index < -0.39 is 0 Å². The molecule has 35 heavy (non-hydrogen) atoms. The Morgan fingerprint density at radius 1 is 0.857 bits per heavy atom. The van der Waals surface area contributed by atoms with Gasteiger partial charge in [0.25, 0.3) is 11.8 Å². The highest BCUT2D eigenvalue weighted by atomic mass is 16.2. The number of benzene rings is 1. The van der Waals surface area contributed by atoms with Crippen molar-refractivity contribution in [3.63, 3.8) is 0 Å². The van der Waals surface area contributed by atoms with Crippen LogP contribution in [-0.2, 0) is 11.2 Å². The predicted octanol–water partition coefficient (Wildman–Crippen LogP) is 4.58. The first kappa shape index (κ1) is 22.9. The zero-order chi connectivity index (χ0) is 24.0. The molecule has 2 aromatic heterocycles. The van der Waals surface area contributed by atoms with Gasteiger partial charge in [-0.2, -0.15) is 0 Å². The van der Waals surface area contributed by atoms with Crippen molar-refractivity contribution in [2.75, 3.05) is 11.9 Å². The lowest BCUT2D eigenvalue weighted by molar-refractivity contribution is -0.110. The molecule has 1 saturated carbocycles. The number of hydrogen-bond donors (Lipinski definition) is 2. The minimum Gasteiger partial charge on any atom is -0.349 e. The van der Waals surface area contributed by atoms with Gasteiger partial charge in [0.15, 0.2) is 0 Å². The van der Waals surface area contributed by atoms with Crippen molar-refractivity contribution >= 4 is 23.2 Å². The van der Waals surface area contributed by atoms with Crippen LogP contribution in [0.2, 0.25) is 0 Å². The zero-order valence-corrected chi connectivity index (χ0v) is 19.7. The van der Waals surface area contributed by atoms with E-state index in [1.54, 1.807) is 36.9 Å². The summed E-state index contributed by atoms with van der Waals surface area (Å²) in [7, 11) is 0. The highest BCUT2D eigenvalue weighted by molar-refractivity contribution is 6.49. The molecule has 2 aliphatic rings. The van der Waals surface area contributed by atoms with Crippen LogP contribution in [0.1, 0.15) is 60.0 Å². The van der Waals surface area contributed by atoms with Crippen LogP contribution >= 0.6 is 0 Å². The lowest BCUT2D eigenvalue weighted by atomic mass is 9.94. The van der Waals surface area contributed by atoms with E-state index in [1.165, 1.54) is 6.42 Å². The topological polar surface area (TPSA) is 96.3 Å². The van der Waals surface area contributed by atoms with Crippen LogP contribution in [0, 0.1) is 0 Å². The van der Waals surface area contributed by atoms with Gasteiger partial charge >= 0.3 is 0 Å². The molecule has 1 aliphatic carbocycles. The summed E-state index contributed by atoms with van der Waals surface area (Å²) in [5, 5.41) is 6.07. The first-order chi connectivity index (χ1) is 17.2. The van der Waals surface area contributed by atoms with Gasteiger partial charge in [0.2, 0.25) is 0 Å². The van der Waals surface area contributed by atoms with E-state index in [4.69, 9.17) is 0 Å². The smallest absolute Gasteiger partial charge is 0.274 e. The van der Waals surface area contributed by atoms with E-state index >= 15 is 0 Å². The van der Waals surface area contributed by atoms with Crippen LogP contribution < -0.4 is 10.6 Å². The molecule has 0 spiro atoms. The van der Waals surface area contributed by atoms with Crippen molar-refractivity contribution in [2.45, 2.75) is 51.0 Å². The fraction of sp³-hybridized carbons (Fsp3) is 0.321. The van der Waals surface area contributed by atoms with Crippen LogP contribution in [0.4, 0.5) is 5.69 Å². The summed E-state index contributed by atoms with van der Waals surface area (Å²) in [6, 6.07) is 11.8. The minimum atomic E-state index is -0.253. The molecular formula is C28H29N5O2. The molecule has 0 saturated heterocycles. The highest BCUT2D eigenvalue weighted by Crippen LogP contribution is 2.26. The first-order valence-corrected chi connectivity index (χ1v) is 12.3. The molecule has 178 valence electrons. The maximum Gasteiger partial charge on any atom is 0.274 e. The van der Waals surface area contributed by atoms with Gasteiger partial charge in [-0.05, 0) is 61.1 Å². The molecule has 7 nitrogen and oxygen atoms in total. The highest BCUT2D eigenvalue weighted by Gasteiger charge is 2.21. The van der Waals surface area contributed by atoms with Gasteiger partial charge in [0, 0.05) is 42.3 Å². The lowest BCUT2D eigenvalue weighted by Gasteiger charge is -2.22. The van der Waals surface area contributed by atoms with E-state index in [1.807, 2.05) is 18.2 Å². The van der Waals surface area contributed by atoms with Crippen LogP contribution in [0.5, 0.6) is 0 Å². The molecule has 5 rings (SSSR count). The van der Waals surface area contributed by atoms with Gasteiger partial charge in [-0.15, -0.1) is 0 Å². The van der Waals surface area contributed by atoms with Crippen molar-refractivity contribution in [1.82, 2.24) is 15.3 Å². The Morgan fingerprint density at radius 2 is 1.74 bits per heavy atom. The van der Waals surface area contributed by atoms with E-state index in [0.717, 1.165) is 60.8 Å². The third kappa shape index (κ3) is 5.45. The number of aromatic nitrogens is 2. The third-order valence-corrected chi connectivity index (χ3v) is 6.65. The molecule has 1 aromatic carbocycles. The van der Waals surface area contributed by atoms with Crippen LogP contribution in [-0.4, -0.2) is 40.1 Å². The number of nitrogens with one attached hydrogen (secondary N) is 2. The largest absolute Gasteiger partial charge is 0.349 e. The fourth-order valence-electron chi connectivity index (χ4n) is 4.80. The molecule has 3 aromatic rings. The average Bonchev–Trinajstić information content (AvgIpc) is 3.12. The maximum atomic E-state index is 13.1. The number of carbonyl (C=O) groups excluding carboxylic acids is 2. The van der Waals surface area contributed by atoms with Gasteiger partial charge in [-0.25, -0.2) is 0 Å².